The summed E-state index contributed by atoms with van der Waals surface area (Å²) in [5, 5.41) is 19.8. The molecule has 162 valence electrons. The Hall–Kier alpha value is -2.95. The molecule has 2 aromatic carbocycles. The van der Waals surface area contributed by atoms with Crippen molar-refractivity contribution < 1.29 is 9.90 Å². The summed E-state index contributed by atoms with van der Waals surface area (Å²) in [5.74, 6) is -0.0502. The smallest absolute Gasteiger partial charge is 0.268 e. The van der Waals surface area contributed by atoms with E-state index in [1.165, 1.54) is 11.1 Å². The van der Waals surface area contributed by atoms with E-state index < -0.39 is 0 Å². The van der Waals surface area contributed by atoms with Gasteiger partial charge in [0, 0.05) is 17.8 Å². The van der Waals surface area contributed by atoms with Gasteiger partial charge in [0.15, 0.2) is 5.69 Å². The van der Waals surface area contributed by atoms with Crippen LogP contribution in [-0.2, 0) is 16.8 Å². The molecule has 3 aromatic rings. The summed E-state index contributed by atoms with van der Waals surface area (Å²) < 4.78 is 1.86. The summed E-state index contributed by atoms with van der Waals surface area (Å²) in [5.41, 5.74) is 3.88. The van der Waals surface area contributed by atoms with E-state index in [0.29, 0.717) is 12.2 Å². The molecule has 31 heavy (non-hydrogen) atoms. The maximum atomic E-state index is 12.7. The van der Waals surface area contributed by atoms with Crippen LogP contribution < -0.4 is 0 Å². The van der Waals surface area contributed by atoms with Crippen LogP contribution in [0.5, 0.6) is 5.88 Å². The summed E-state index contributed by atoms with van der Waals surface area (Å²) in [4.78, 5) is 12.7. The summed E-state index contributed by atoms with van der Waals surface area (Å²) in [6.45, 7) is 9.41. The number of carbonyl (C=O) groups is 1. The van der Waals surface area contributed by atoms with Gasteiger partial charge in [-0.15, -0.1) is 10.2 Å². The quantitative estimate of drug-likeness (QED) is 0.445. The number of benzene rings is 2. The number of para-hydroxylation sites is 1. The van der Waals surface area contributed by atoms with E-state index in [1.807, 2.05) is 28.8 Å². The molecule has 0 aliphatic heterocycles. The highest BCUT2D eigenvalue weighted by atomic mass is 16.3. The first-order chi connectivity index (χ1) is 14.8. The summed E-state index contributed by atoms with van der Waals surface area (Å²) in [7, 11) is 0. The lowest BCUT2D eigenvalue weighted by Gasteiger charge is -2.19. The van der Waals surface area contributed by atoms with Gasteiger partial charge in [-0.2, -0.15) is 0 Å². The molecule has 5 nitrogen and oxygen atoms in total. The van der Waals surface area contributed by atoms with Gasteiger partial charge in [-0.3, -0.25) is 4.79 Å². The number of unbranched alkanes of at least 4 members (excludes halogenated alkanes) is 1. The van der Waals surface area contributed by atoms with Crippen LogP contribution >= 0.6 is 0 Å². The second-order valence-corrected chi connectivity index (χ2v) is 9.55. The molecule has 0 bridgehead atoms. The van der Waals surface area contributed by atoms with Crippen molar-refractivity contribution in [2.24, 2.45) is 16.1 Å². The van der Waals surface area contributed by atoms with Crippen molar-refractivity contribution in [3.63, 3.8) is 0 Å². The number of nitrogens with zero attached hydrogens (tertiary/aromatic N) is 3. The van der Waals surface area contributed by atoms with E-state index in [-0.39, 0.29) is 29.0 Å². The fourth-order valence-corrected chi connectivity index (χ4v) is 4.15. The Morgan fingerprint density at radius 3 is 2.52 bits per heavy atom. The third-order valence-corrected chi connectivity index (χ3v) is 6.21. The number of amides is 1. The van der Waals surface area contributed by atoms with Crippen LogP contribution in [0.15, 0.2) is 58.8 Å². The van der Waals surface area contributed by atoms with Crippen molar-refractivity contribution in [1.29, 1.82) is 0 Å². The second kappa shape index (κ2) is 8.29. The van der Waals surface area contributed by atoms with Gasteiger partial charge in [-0.05, 0) is 41.4 Å². The predicted molar refractivity (Wildman–Crippen MR) is 124 cm³/mol. The molecule has 1 saturated carbocycles. The Balaban J connectivity index is 1.50. The van der Waals surface area contributed by atoms with Crippen LogP contribution in [0.2, 0.25) is 0 Å². The highest BCUT2D eigenvalue weighted by Crippen LogP contribution is 2.49. The number of hydrogen-bond donors (Lipinski definition) is 1. The molecule has 1 aliphatic carbocycles. The number of aromatic hydroxyl groups is 1. The van der Waals surface area contributed by atoms with Crippen LogP contribution in [0.25, 0.3) is 10.9 Å². The van der Waals surface area contributed by atoms with E-state index in [9.17, 15) is 9.90 Å². The van der Waals surface area contributed by atoms with Gasteiger partial charge in [0.25, 0.3) is 5.91 Å². The van der Waals surface area contributed by atoms with E-state index in [1.54, 1.807) is 0 Å². The lowest BCUT2D eigenvalue weighted by Crippen LogP contribution is -2.10. The largest absolute Gasteiger partial charge is 0.493 e. The number of aryl methyl sites for hydroxylation is 1. The summed E-state index contributed by atoms with van der Waals surface area (Å²) in [6.07, 6.45) is 2.79. The van der Waals surface area contributed by atoms with Gasteiger partial charge in [-0.25, -0.2) is 0 Å². The Morgan fingerprint density at radius 1 is 1.13 bits per heavy atom. The van der Waals surface area contributed by atoms with Gasteiger partial charge >= 0.3 is 0 Å². The number of rotatable bonds is 6. The molecule has 5 heteroatoms. The van der Waals surface area contributed by atoms with E-state index in [2.05, 4.69) is 62.2 Å². The van der Waals surface area contributed by atoms with Crippen molar-refractivity contribution in [2.45, 2.75) is 64.8 Å². The van der Waals surface area contributed by atoms with Crippen LogP contribution in [0, 0.1) is 5.92 Å². The van der Waals surface area contributed by atoms with Gasteiger partial charge in [-0.1, -0.05) is 76.6 Å². The number of fused-ring (bicyclic) bond motifs is 1. The number of aromatic nitrogens is 1. The van der Waals surface area contributed by atoms with Crippen molar-refractivity contribution in [3.05, 3.63) is 59.7 Å². The second-order valence-electron chi connectivity index (χ2n) is 9.55. The molecular weight excluding hydrogens is 386 g/mol. The zero-order chi connectivity index (χ0) is 22.2. The van der Waals surface area contributed by atoms with E-state index >= 15 is 0 Å². The van der Waals surface area contributed by atoms with E-state index in [0.717, 1.165) is 30.2 Å². The highest BCUT2D eigenvalue weighted by molar-refractivity contribution is 5.95. The molecule has 0 unspecified atom stereocenters. The number of carbonyl (C=O) groups excluding carboxylic acids is 1. The van der Waals surface area contributed by atoms with E-state index in [4.69, 9.17) is 0 Å². The molecule has 4 rings (SSSR count). The van der Waals surface area contributed by atoms with Gasteiger partial charge in [0.05, 0.1) is 5.52 Å². The lowest BCUT2D eigenvalue weighted by molar-refractivity contribution is -0.119. The molecule has 2 atom stereocenters. The van der Waals surface area contributed by atoms with Crippen molar-refractivity contribution in [2.75, 3.05) is 0 Å². The molecule has 0 spiro atoms. The molecule has 1 heterocycles. The minimum absolute atomic E-state index is 0.0799. The monoisotopic (exact) mass is 417 g/mol. The third kappa shape index (κ3) is 4.27. The Kier molecular flexibility index (Phi) is 5.69. The minimum Gasteiger partial charge on any atom is -0.493 e. The number of hydrogen-bond acceptors (Lipinski definition) is 3. The molecule has 1 aromatic heterocycles. The topological polar surface area (TPSA) is 66.9 Å². The lowest BCUT2D eigenvalue weighted by atomic mass is 9.86. The van der Waals surface area contributed by atoms with Crippen LogP contribution in [0.4, 0.5) is 5.69 Å². The molecule has 0 saturated heterocycles. The molecule has 1 fully saturated rings. The van der Waals surface area contributed by atoms with Crippen molar-refractivity contribution in [3.8, 4) is 5.88 Å². The van der Waals surface area contributed by atoms with Crippen LogP contribution in [-0.4, -0.2) is 15.6 Å². The van der Waals surface area contributed by atoms with Crippen LogP contribution in [0.1, 0.15) is 64.0 Å². The van der Waals surface area contributed by atoms with Gasteiger partial charge < -0.3 is 9.67 Å². The van der Waals surface area contributed by atoms with Crippen molar-refractivity contribution >= 4 is 22.5 Å². The fraction of sp³-hybridized carbons (Fsp3) is 0.423. The molecule has 1 amide bonds. The molecule has 1 aliphatic rings. The molecule has 1 N–H and O–H groups in total. The fourth-order valence-electron chi connectivity index (χ4n) is 4.15. The van der Waals surface area contributed by atoms with Gasteiger partial charge in [0.2, 0.25) is 5.88 Å². The maximum absolute atomic E-state index is 12.7. The minimum atomic E-state index is -0.213. The highest BCUT2D eigenvalue weighted by Gasteiger charge is 2.44. The zero-order valence-corrected chi connectivity index (χ0v) is 18.8. The zero-order valence-electron chi connectivity index (χ0n) is 18.8. The first kappa shape index (κ1) is 21.3. The maximum Gasteiger partial charge on any atom is 0.268 e. The normalized spacial score (nSPS) is 18.7. The van der Waals surface area contributed by atoms with Crippen LogP contribution in [0.3, 0.4) is 0 Å². The Labute approximate surface area is 183 Å². The molecule has 0 radical (unpaired) electrons. The third-order valence-electron chi connectivity index (χ3n) is 6.21. The SMILES string of the molecule is CCCCn1c(O)c(N=NC(=O)[C@@H]2C[C@@H]2c2ccc(C(C)(C)C)cc2)c2ccccc21. The van der Waals surface area contributed by atoms with Crippen molar-refractivity contribution in [1.82, 2.24) is 4.57 Å². The summed E-state index contributed by atoms with van der Waals surface area (Å²) in [6, 6.07) is 16.3. The first-order valence-electron chi connectivity index (χ1n) is 11.2. The summed E-state index contributed by atoms with van der Waals surface area (Å²) >= 11 is 0. The molecular formula is C26H31N3O2. The average Bonchev–Trinajstić information content (AvgIpc) is 3.50. The predicted octanol–water partition coefficient (Wildman–Crippen LogP) is 6.86. The average molecular weight is 418 g/mol. The first-order valence-corrected chi connectivity index (χ1v) is 11.2. The standard InChI is InChI=1S/C26H31N3O2/c1-5-6-15-29-22-10-8-7-9-19(22)23(25(29)31)27-28-24(30)21-16-20(21)17-11-13-18(14-12-17)26(2,3)4/h7-14,20-21,31H,5-6,15-16H2,1-4H3/t20-,21-/m1/s1. The Morgan fingerprint density at radius 2 is 1.84 bits per heavy atom. The Bertz CT molecular complexity index is 1120. The number of azo groups is 1. The van der Waals surface area contributed by atoms with Gasteiger partial charge in [0.1, 0.15) is 0 Å².